The summed E-state index contributed by atoms with van der Waals surface area (Å²) < 4.78 is 14.9. The van der Waals surface area contributed by atoms with Crippen molar-refractivity contribution in [3.8, 4) is 0 Å². The van der Waals surface area contributed by atoms with Crippen molar-refractivity contribution in [2.45, 2.75) is 53.5 Å². The van der Waals surface area contributed by atoms with E-state index in [0.717, 1.165) is 0 Å². The number of amides is 1. The molecule has 7 nitrogen and oxygen atoms in total. The molecule has 23 heavy (non-hydrogen) atoms. The zero-order valence-electron chi connectivity index (χ0n) is 14.8. The lowest BCUT2D eigenvalue weighted by Gasteiger charge is -2.30. The van der Waals surface area contributed by atoms with Crippen molar-refractivity contribution in [3.05, 3.63) is 0 Å². The molecule has 0 spiro atoms. The first-order valence-corrected chi connectivity index (χ1v) is 8.12. The predicted octanol–water partition coefficient (Wildman–Crippen LogP) is 2.38. The van der Waals surface area contributed by atoms with E-state index in [-0.39, 0.29) is 38.7 Å². The van der Waals surface area contributed by atoms with Gasteiger partial charge in [-0.3, -0.25) is 9.69 Å². The summed E-state index contributed by atoms with van der Waals surface area (Å²) in [6, 6.07) is -0.775. The number of nitrogens with zero attached hydrogens (tertiary/aromatic N) is 1. The van der Waals surface area contributed by atoms with Crippen LogP contribution in [0, 0.1) is 5.92 Å². The van der Waals surface area contributed by atoms with Gasteiger partial charge in [0.2, 0.25) is 0 Å². The number of esters is 2. The van der Waals surface area contributed by atoms with E-state index in [0.29, 0.717) is 6.42 Å². The van der Waals surface area contributed by atoms with Gasteiger partial charge < -0.3 is 14.2 Å². The zero-order valence-corrected chi connectivity index (χ0v) is 14.8. The summed E-state index contributed by atoms with van der Waals surface area (Å²) in [5, 5.41) is 0. The van der Waals surface area contributed by atoms with E-state index in [4.69, 9.17) is 14.2 Å². The highest BCUT2D eigenvalue weighted by Crippen LogP contribution is 2.16. The number of carbonyl (C=O) groups is 3. The number of carbonyl (C=O) groups excluding carboxylic acids is 3. The molecule has 0 saturated carbocycles. The molecular weight excluding hydrogens is 302 g/mol. The summed E-state index contributed by atoms with van der Waals surface area (Å²) in [4.78, 5) is 37.2. The molecule has 1 unspecified atom stereocenters. The van der Waals surface area contributed by atoms with Crippen LogP contribution in [0.5, 0.6) is 0 Å². The lowest BCUT2D eigenvalue weighted by atomic mass is 10.0. The van der Waals surface area contributed by atoms with Crippen molar-refractivity contribution < 1.29 is 28.6 Å². The molecule has 0 aliphatic rings. The number of hydrogen-bond acceptors (Lipinski definition) is 6. The van der Waals surface area contributed by atoms with Crippen molar-refractivity contribution in [1.82, 2.24) is 4.90 Å². The van der Waals surface area contributed by atoms with Crippen molar-refractivity contribution >= 4 is 18.0 Å². The van der Waals surface area contributed by atoms with E-state index >= 15 is 0 Å². The molecule has 1 atom stereocenters. The fourth-order valence-electron chi connectivity index (χ4n) is 2.06. The van der Waals surface area contributed by atoms with E-state index < -0.39 is 24.1 Å². The van der Waals surface area contributed by atoms with Gasteiger partial charge in [0, 0.05) is 6.54 Å². The highest BCUT2D eigenvalue weighted by Gasteiger charge is 2.32. The zero-order chi connectivity index (χ0) is 17.8. The second kappa shape index (κ2) is 11.7. The molecule has 0 fully saturated rings. The van der Waals surface area contributed by atoms with Gasteiger partial charge in [-0.1, -0.05) is 13.8 Å². The minimum absolute atomic E-state index is 0.000649. The minimum Gasteiger partial charge on any atom is -0.466 e. The topological polar surface area (TPSA) is 82.1 Å². The Balaban J connectivity index is 5.16. The van der Waals surface area contributed by atoms with Gasteiger partial charge in [-0.15, -0.1) is 0 Å². The summed E-state index contributed by atoms with van der Waals surface area (Å²) in [6.45, 7) is 9.72. The Labute approximate surface area is 138 Å². The van der Waals surface area contributed by atoms with Gasteiger partial charge in [-0.2, -0.15) is 0 Å². The van der Waals surface area contributed by atoms with Crippen molar-refractivity contribution in [2.24, 2.45) is 5.92 Å². The van der Waals surface area contributed by atoms with Crippen LogP contribution in [0.4, 0.5) is 4.79 Å². The highest BCUT2D eigenvalue weighted by atomic mass is 16.6. The molecular formula is C16H29NO6. The monoisotopic (exact) mass is 331 g/mol. The van der Waals surface area contributed by atoms with Gasteiger partial charge in [-0.05, 0) is 33.1 Å². The van der Waals surface area contributed by atoms with Crippen LogP contribution < -0.4 is 0 Å². The minimum atomic E-state index is -0.775. The predicted molar refractivity (Wildman–Crippen MR) is 84.9 cm³/mol. The van der Waals surface area contributed by atoms with Gasteiger partial charge in [0.25, 0.3) is 0 Å². The Morgan fingerprint density at radius 2 is 1.48 bits per heavy atom. The van der Waals surface area contributed by atoms with Crippen LogP contribution >= 0.6 is 0 Å². The van der Waals surface area contributed by atoms with E-state index in [9.17, 15) is 14.4 Å². The van der Waals surface area contributed by atoms with Crippen LogP contribution in [0.3, 0.4) is 0 Å². The smallest absolute Gasteiger partial charge is 0.410 e. The number of ether oxygens (including phenoxy) is 3. The Morgan fingerprint density at radius 1 is 0.913 bits per heavy atom. The second-order valence-electron chi connectivity index (χ2n) is 5.34. The molecule has 0 bridgehead atoms. The summed E-state index contributed by atoms with van der Waals surface area (Å²) in [5.41, 5.74) is 0. The molecule has 134 valence electrons. The second-order valence-corrected chi connectivity index (χ2v) is 5.34. The highest BCUT2D eigenvalue weighted by molar-refractivity contribution is 5.82. The van der Waals surface area contributed by atoms with Crippen LogP contribution in [0.15, 0.2) is 0 Å². The number of hydrogen-bond donors (Lipinski definition) is 0. The first-order valence-electron chi connectivity index (χ1n) is 8.12. The lowest BCUT2D eigenvalue weighted by Crippen LogP contribution is -2.47. The summed E-state index contributed by atoms with van der Waals surface area (Å²) >= 11 is 0. The Hall–Kier alpha value is -1.79. The largest absolute Gasteiger partial charge is 0.466 e. The van der Waals surface area contributed by atoms with Crippen LogP contribution in [0.25, 0.3) is 0 Å². The maximum Gasteiger partial charge on any atom is 0.410 e. The SMILES string of the molecule is CCOC(=O)CCN(C(=O)OCC)C(CC(C)C)C(=O)OCC. The first-order chi connectivity index (χ1) is 10.9. The molecule has 0 saturated heterocycles. The van der Waals surface area contributed by atoms with E-state index in [2.05, 4.69) is 0 Å². The molecule has 0 aromatic rings. The van der Waals surface area contributed by atoms with E-state index in [1.807, 2.05) is 13.8 Å². The maximum atomic E-state index is 12.2. The third-order valence-corrected chi connectivity index (χ3v) is 2.99. The third kappa shape index (κ3) is 8.42. The molecule has 0 rings (SSSR count). The van der Waals surface area contributed by atoms with Crippen LogP contribution in [-0.2, 0) is 23.8 Å². The fourth-order valence-corrected chi connectivity index (χ4v) is 2.06. The summed E-state index contributed by atoms with van der Waals surface area (Å²) in [7, 11) is 0. The first kappa shape index (κ1) is 21.2. The third-order valence-electron chi connectivity index (χ3n) is 2.99. The average molecular weight is 331 g/mol. The van der Waals surface area contributed by atoms with Gasteiger partial charge in [0.1, 0.15) is 6.04 Å². The standard InChI is InChI=1S/C16H29NO6/c1-6-21-14(18)9-10-17(16(20)23-8-3)13(11-12(4)5)15(19)22-7-2/h12-13H,6-11H2,1-5H3. The normalized spacial score (nSPS) is 11.7. The van der Waals surface area contributed by atoms with Crippen molar-refractivity contribution in [2.75, 3.05) is 26.4 Å². The average Bonchev–Trinajstić information content (AvgIpc) is 2.46. The van der Waals surface area contributed by atoms with Crippen LogP contribution in [0.2, 0.25) is 0 Å². The molecule has 0 aromatic carbocycles. The van der Waals surface area contributed by atoms with Gasteiger partial charge >= 0.3 is 18.0 Å². The molecule has 0 heterocycles. The lowest BCUT2D eigenvalue weighted by molar-refractivity contribution is -0.151. The molecule has 0 N–H and O–H groups in total. The van der Waals surface area contributed by atoms with Crippen LogP contribution in [0.1, 0.15) is 47.5 Å². The molecule has 0 radical (unpaired) electrons. The summed E-state index contributed by atoms with van der Waals surface area (Å²) in [5.74, 6) is -0.740. The molecule has 0 aliphatic carbocycles. The fraction of sp³-hybridized carbons (Fsp3) is 0.812. The van der Waals surface area contributed by atoms with Crippen molar-refractivity contribution in [3.63, 3.8) is 0 Å². The van der Waals surface area contributed by atoms with Gasteiger partial charge in [0.05, 0.1) is 26.2 Å². The van der Waals surface area contributed by atoms with Gasteiger partial charge in [-0.25, -0.2) is 9.59 Å². The van der Waals surface area contributed by atoms with E-state index in [1.165, 1.54) is 4.90 Å². The van der Waals surface area contributed by atoms with Gasteiger partial charge in [0.15, 0.2) is 0 Å². The van der Waals surface area contributed by atoms with E-state index in [1.54, 1.807) is 20.8 Å². The maximum absolute atomic E-state index is 12.2. The Kier molecular flexibility index (Phi) is 10.8. The Bertz CT molecular complexity index is 383. The molecule has 1 amide bonds. The quantitative estimate of drug-likeness (QED) is 0.451. The molecule has 0 aliphatic heterocycles. The summed E-state index contributed by atoms with van der Waals surface area (Å²) in [6.07, 6.45) is -0.197. The van der Waals surface area contributed by atoms with Crippen LogP contribution in [-0.4, -0.2) is 55.3 Å². The Morgan fingerprint density at radius 3 is 1.96 bits per heavy atom. The molecule has 0 aromatic heterocycles. The van der Waals surface area contributed by atoms with Crippen molar-refractivity contribution in [1.29, 1.82) is 0 Å². The number of rotatable bonds is 10. The molecule has 7 heteroatoms.